The van der Waals surface area contributed by atoms with Crippen LogP contribution in [0, 0.1) is 0 Å². The second kappa shape index (κ2) is 8.97. The van der Waals surface area contributed by atoms with Gasteiger partial charge >= 0.3 is 0 Å². The van der Waals surface area contributed by atoms with Crippen LogP contribution in [0.4, 0.5) is 0 Å². The van der Waals surface area contributed by atoms with E-state index in [4.69, 9.17) is 4.74 Å². The molecule has 0 spiro atoms. The molecule has 1 fully saturated rings. The van der Waals surface area contributed by atoms with Crippen LogP contribution in [-0.2, 0) is 27.7 Å². The summed E-state index contributed by atoms with van der Waals surface area (Å²) in [5.74, 6) is 0. The third kappa shape index (κ3) is 4.58. The molecule has 0 N–H and O–H groups in total. The van der Waals surface area contributed by atoms with Gasteiger partial charge in [-0.05, 0) is 26.4 Å². The molecule has 0 atom stereocenters. The van der Waals surface area contributed by atoms with Crippen molar-refractivity contribution in [3.8, 4) is 0 Å². The summed E-state index contributed by atoms with van der Waals surface area (Å²) in [5, 5.41) is -0.0635. The molecule has 138 valence electrons. The molecule has 6 nitrogen and oxygen atoms in total. The molecule has 1 aromatic rings. The number of hydrogen-bond donors (Lipinski definition) is 0. The number of sulfone groups is 1. The van der Waals surface area contributed by atoms with Crippen molar-refractivity contribution in [2.24, 2.45) is 0 Å². The quantitative estimate of drug-likeness (QED) is 0.669. The zero-order valence-corrected chi connectivity index (χ0v) is 16.0. The van der Waals surface area contributed by atoms with E-state index in [1.807, 2.05) is 11.6 Å². The number of methoxy groups -OCH3 is 1. The lowest BCUT2D eigenvalue weighted by Gasteiger charge is -2.19. The lowest BCUT2D eigenvalue weighted by atomic mass is 10.2. The summed E-state index contributed by atoms with van der Waals surface area (Å²) in [6.45, 7) is 4.67. The van der Waals surface area contributed by atoms with E-state index in [9.17, 15) is 8.42 Å². The van der Waals surface area contributed by atoms with Gasteiger partial charge in [0.25, 0.3) is 0 Å². The predicted octanol–water partition coefficient (Wildman–Crippen LogP) is 2.48. The van der Waals surface area contributed by atoms with Crippen molar-refractivity contribution in [1.82, 2.24) is 14.5 Å². The Balaban J connectivity index is 2.32. The smallest absolute Gasteiger partial charge is 0.228 e. The summed E-state index contributed by atoms with van der Waals surface area (Å²) < 4.78 is 33.3. The molecule has 0 saturated heterocycles. The Morgan fingerprint density at radius 2 is 1.96 bits per heavy atom. The van der Waals surface area contributed by atoms with Crippen molar-refractivity contribution in [3.63, 3.8) is 0 Å². The molecule has 0 bridgehead atoms. The monoisotopic (exact) mass is 357 g/mol. The topological polar surface area (TPSA) is 64.4 Å². The average Bonchev–Trinajstić information content (AvgIpc) is 2.77. The van der Waals surface area contributed by atoms with Gasteiger partial charge in [-0.15, -0.1) is 0 Å². The number of aromatic nitrogens is 2. The van der Waals surface area contributed by atoms with E-state index in [0.29, 0.717) is 19.7 Å². The summed E-state index contributed by atoms with van der Waals surface area (Å²) >= 11 is 0. The summed E-state index contributed by atoms with van der Waals surface area (Å²) in [6, 6.07) is 0. The first-order chi connectivity index (χ1) is 11.5. The third-order valence-electron chi connectivity index (χ3n) is 4.89. The van der Waals surface area contributed by atoms with Crippen LogP contribution in [0.2, 0.25) is 0 Å². The van der Waals surface area contributed by atoms with Crippen molar-refractivity contribution in [1.29, 1.82) is 0 Å². The van der Waals surface area contributed by atoms with Gasteiger partial charge in [0.2, 0.25) is 15.0 Å². The molecule has 7 heteroatoms. The molecule has 1 saturated carbocycles. The van der Waals surface area contributed by atoms with E-state index in [-0.39, 0.29) is 10.4 Å². The fraction of sp³-hybridized carbons (Fsp3) is 0.824. The lowest BCUT2D eigenvalue weighted by Crippen LogP contribution is -2.26. The fourth-order valence-electron chi connectivity index (χ4n) is 3.26. The van der Waals surface area contributed by atoms with Crippen LogP contribution >= 0.6 is 0 Å². The van der Waals surface area contributed by atoms with Crippen molar-refractivity contribution in [3.05, 3.63) is 11.9 Å². The summed E-state index contributed by atoms with van der Waals surface area (Å²) in [7, 11) is 0.264. The second-order valence-corrected chi connectivity index (χ2v) is 8.79. The standard InChI is InChI=1S/C17H31N3O3S/c1-4-19(2)14-15-13-18-17(20(15)11-12-23-3)24(21,22)16-9-7-5-6-8-10-16/h13,16H,4-12,14H2,1-3H3. The highest BCUT2D eigenvalue weighted by Crippen LogP contribution is 2.28. The minimum Gasteiger partial charge on any atom is -0.383 e. The van der Waals surface area contributed by atoms with Crippen LogP contribution < -0.4 is 0 Å². The van der Waals surface area contributed by atoms with E-state index in [2.05, 4.69) is 16.8 Å². The van der Waals surface area contributed by atoms with Crippen LogP contribution in [0.5, 0.6) is 0 Å². The Morgan fingerprint density at radius 1 is 1.29 bits per heavy atom. The molecule has 1 aliphatic carbocycles. The third-order valence-corrected chi connectivity index (χ3v) is 7.07. The van der Waals surface area contributed by atoms with Crippen LogP contribution in [0.3, 0.4) is 0 Å². The van der Waals surface area contributed by atoms with Crippen LogP contribution in [0.1, 0.15) is 51.1 Å². The molecule has 0 aliphatic heterocycles. The molecule has 24 heavy (non-hydrogen) atoms. The number of ether oxygens (including phenoxy) is 1. The van der Waals surface area contributed by atoms with Gasteiger partial charge in [-0.25, -0.2) is 13.4 Å². The van der Waals surface area contributed by atoms with Gasteiger partial charge < -0.3 is 14.2 Å². The SMILES string of the molecule is CCN(C)Cc1cnc(S(=O)(=O)C2CCCCCC2)n1CCOC. The van der Waals surface area contributed by atoms with Gasteiger partial charge in [-0.3, -0.25) is 0 Å². The highest BCUT2D eigenvalue weighted by molar-refractivity contribution is 7.91. The van der Waals surface area contributed by atoms with E-state index in [1.165, 1.54) is 0 Å². The number of rotatable bonds is 8. The Morgan fingerprint density at radius 3 is 2.54 bits per heavy atom. The zero-order valence-electron chi connectivity index (χ0n) is 15.2. The number of hydrogen-bond acceptors (Lipinski definition) is 5. The fourth-order valence-corrected chi connectivity index (χ4v) is 5.22. The zero-order chi connectivity index (χ0) is 17.6. The average molecular weight is 358 g/mol. The Hall–Kier alpha value is -0.920. The maximum Gasteiger partial charge on any atom is 0.228 e. The highest BCUT2D eigenvalue weighted by atomic mass is 32.2. The number of nitrogens with zero attached hydrogens (tertiary/aromatic N) is 3. The van der Waals surface area contributed by atoms with Crippen molar-refractivity contribution in [2.75, 3.05) is 27.3 Å². The second-order valence-electron chi connectivity index (χ2n) is 6.67. The normalized spacial score (nSPS) is 17.3. The van der Waals surface area contributed by atoms with Crippen molar-refractivity contribution < 1.29 is 13.2 Å². The first-order valence-electron chi connectivity index (χ1n) is 8.96. The van der Waals surface area contributed by atoms with Gasteiger partial charge in [0.1, 0.15) is 0 Å². The van der Waals surface area contributed by atoms with Gasteiger partial charge in [0, 0.05) is 20.2 Å². The van der Waals surface area contributed by atoms with Gasteiger partial charge in [0.15, 0.2) is 0 Å². The Labute approximate surface area is 146 Å². The predicted molar refractivity (Wildman–Crippen MR) is 94.8 cm³/mol. The Bertz CT molecular complexity index is 605. The van der Waals surface area contributed by atoms with Crippen molar-refractivity contribution in [2.45, 2.75) is 68.9 Å². The largest absolute Gasteiger partial charge is 0.383 e. The minimum absolute atomic E-state index is 0.228. The summed E-state index contributed by atoms with van der Waals surface area (Å²) in [6.07, 6.45) is 7.48. The minimum atomic E-state index is -3.39. The molecule has 0 aromatic carbocycles. The molecule has 2 rings (SSSR count). The molecule has 0 radical (unpaired) electrons. The molecule has 1 heterocycles. The molecular formula is C17H31N3O3S. The highest BCUT2D eigenvalue weighted by Gasteiger charge is 2.32. The molecule has 1 aliphatic rings. The molecule has 0 unspecified atom stereocenters. The van der Waals surface area contributed by atoms with E-state index >= 15 is 0 Å². The molecule has 1 aromatic heterocycles. The van der Waals surface area contributed by atoms with Crippen molar-refractivity contribution >= 4 is 9.84 Å². The molecular weight excluding hydrogens is 326 g/mol. The first-order valence-corrected chi connectivity index (χ1v) is 10.5. The number of imidazole rings is 1. The summed E-state index contributed by atoms with van der Waals surface area (Å²) in [5.41, 5.74) is 0.934. The first kappa shape index (κ1) is 19.4. The van der Waals surface area contributed by atoms with Crippen LogP contribution in [-0.4, -0.2) is 55.4 Å². The van der Waals surface area contributed by atoms with Gasteiger partial charge in [-0.2, -0.15) is 0 Å². The van der Waals surface area contributed by atoms with E-state index in [0.717, 1.165) is 50.8 Å². The maximum absolute atomic E-state index is 13.2. The van der Waals surface area contributed by atoms with Crippen LogP contribution in [0.25, 0.3) is 0 Å². The van der Waals surface area contributed by atoms with Crippen LogP contribution in [0.15, 0.2) is 11.4 Å². The van der Waals surface area contributed by atoms with Gasteiger partial charge in [-0.1, -0.05) is 32.6 Å². The van der Waals surface area contributed by atoms with Gasteiger partial charge in [0.05, 0.1) is 23.7 Å². The molecule has 0 amide bonds. The maximum atomic E-state index is 13.2. The Kier molecular flexibility index (Phi) is 7.25. The van der Waals surface area contributed by atoms with E-state index in [1.54, 1.807) is 13.3 Å². The van der Waals surface area contributed by atoms with E-state index < -0.39 is 9.84 Å². The lowest BCUT2D eigenvalue weighted by molar-refractivity contribution is 0.182. The summed E-state index contributed by atoms with van der Waals surface area (Å²) in [4.78, 5) is 6.47.